The molecule has 0 heterocycles. The van der Waals surface area contributed by atoms with E-state index in [1.54, 1.807) is 43.3 Å². The third kappa shape index (κ3) is 5.15. The molecule has 0 aromatic heterocycles. The van der Waals surface area contributed by atoms with Gasteiger partial charge in [-0.1, -0.05) is 23.2 Å². The first kappa shape index (κ1) is 18.1. The minimum Gasteiger partial charge on any atom is -0.482 e. The average Bonchev–Trinajstić information content (AvgIpc) is 2.55. The summed E-state index contributed by atoms with van der Waals surface area (Å²) in [6.07, 6.45) is 0. The summed E-state index contributed by atoms with van der Waals surface area (Å²) in [5.74, 6) is -0.394. The van der Waals surface area contributed by atoms with E-state index in [9.17, 15) is 9.59 Å². The fraction of sp³-hybridized carbons (Fsp3) is 0.176. The molecule has 5 nitrogen and oxygen atoms in total. The van der Waals surface area contributed by atoms with Gasteiger partial charge in [0.05, 0.1) is 17.2 Å². The molecule has 2 aromatic carbocycles. The van der Waals surface area contributed by atoms with Gasteiger partial charge < -0.3 is 14.8 Å². The second-order valence-corrected chi connectivity index (χ2v) is 5.55. The summed E-state index contributed by atoms with van der Waals surface area (Å²) >= 11 is 11.8. The van der Waals surface area contributed by atoms with E-state index >= 15 is 0 Å². The van der Waals surface area contributed by atoms with Crippen LogP contribution in [0.1, 0.15) is 17.3 Å². The monoisotopic (exact) mass is 367 g/mol. The highest BCUT2D eigenvalue weighted by molar-refractivity contribution is 6.35. The topological polar surface area (TPSA) is 64.6 Å². The van der Waals surface area contributed by atoms with E-state index in [-0.39, 0.29) is 12.5 Å². The van der Waals surface area contributed by atoms with Gasteiger partial charge in [0.2, 0.25) is 0 Å². The van der Waals surface area contributed by atoms with Crippen LogP contribution in [-0.4, -0.2) is 25.1 Å². The van der Waals surface area contributed by atoms with Crippen LogP contribution < -0.4 is 10.1 Å². The fourth-order valence-corrected chi connectivity index (χ4v) is 2.30. The third-order valence-corrected chi connectivity index (χ3v) is 3.46. The van der Waals surface area contributed by atoms with Crippen molar-refractivity contribution in [1.29, 1.82) is 0 Å². The van der Waals surface area contributed by atoms with Crippen molar-refractivity contribution < 1.29 is 19.1 Å². The van der Waals surface area contributed by atoms with Crippen LogP contribution in [-0.2, 0) is 9.53 Å². The number of esters is 1. The Bertz CT molecular complexity index is 732. The van der Waals surface area contributed by atoms with Gasteiger partial charge in [0, 0.05) is 10.7 Å². The Morgan fingerprint density at radius 1 is 1.08 bits per heavy atom. The van der Waals surface area contributed by atoms with Crippen LogP contribution in [0.3, 0.4) is 0 Å². The van der Waals surface area contributed by atoms with Crippen molar-refractivity contribution in [2.75, 3.05) is 18.5 Å². The van der Waals surface area contributed by atoms with Gasteiger partial charge in [0.25, 0.3) is 5.91 Å². The molecule has 2 aromatic rings. The van der Waals surface area contributed by atoms with E-state index < -0.39 is 5.97 Å². The first-order valence-electron chi connectivity index (χ1n) is 7.14. The molecule has 1 amide bonds. The van der Waals surface area contributed by atoms with E-state index in [1.807, 2.05) is 0 Å². The van der Waals surface area contributed by atoms with E-state index in [1.165, 1.54) is 6.07 Å². The van der Waals surface area contributed by atoms with Crippen molar-refractivity contribution in [2.45, 2.75) is 6.92 Å². The average molecular weight is 368 g/mol. The van der Waals surface area contributed by atoms with Gasteiger partial charge in [-0.2, -0.15) is 0 Å². The first-order chi connectivity index (χ1) is 11.5. The molecule has 0 atom stereocenters. The lowest BCUT2D eigenvalue weighted by Gasteiger charge is -2.09. The summed E-state index contributed by atoms with van der Waals surface area (Å²) in [4.78, 5) is 23.4. The lowest BCUT2D eigenvalue weighted by molar-refractivity contribution is -0.118. The minimum absolute atomic E-state index is 0.207. The predicted molar refractivity (Wildman–Crippen MR) is 93.0 cm³/mol. The molecule has 7 heteroatoms. The van der Waals surface area contributed by atoms with Crippen molar-refractivity contribution in [1.82, 2.24) is 0 Å². The summed E-state index contributed by atoms with van der Waals surface area (Å²) in [6, 6.07) is 11.1. The van der Waals surface area contributed by atoms with Crippen LogP contribution in [0.4, 0.5) is 5.69 Å². The van der Waals surface area contributed by atoms with Crippen LogP contribution in [0.5, 0.6) is 5.75 Å². The predicted octanol–water partition coefficient (Wildman–Crippen LogP) is 4.19. The van der Waals surface area contributed by atoms with Crippen molar-refractivity contribution in [3.63, 3.8) is 0 Å². The van der Waals surface area contributed by atoms with Gasteiger partial charge in [0.15, 0.2) is 6.61 Å². The van der Waals surface area contributed by atoms with Crippen LogP contribution in [0, 0.1) is 0 Å². The molecular weight excluding hydrogens is 353 g/mol. The maximum absolute atomic E-state index is 11.9. The molecule has 0 aliphatic carbocycles. The standard InChI is InChI=1S/C17H15Cl2NO4/c1-2-23-17(22)11-3-6-13(7-4-11)20-16(21)10-24-15-8-5-12(18)9-14(15)19/h3-9H,2,10H2,1H3,(H,20,21). The SMILES string of the molecule is CCOC(=O)c1ccc(NC(=O)COc2ccc(Cl)cc2Cl)cc1. The second kappa shape index (κ2) is 8.57. The summed E-state index contributed by atoms with van der Waals surface area (Å²) in [7, 11) is 0. The van der Waals surface area contributed by atoms with Crippen LogP contribution >= 0.6 is 23.2 Å². The molecule has 0 bridgehead atoms. The number of amides is 1. The van der Waals surface area contributed by atoms with Crippen LogP contribution in [0.2, 0.25) is 10.0 Å². The maximum Gasteiger partial charge on any atom is 0.338 e. The van der Waals surface area contributed by atoms with E-state index in [2.05, 4.69) is 5.32 Å². The zero-order valence-corrected chi connectivity index (χ0v) is 14.4. The minimum atomic E-state index is -0.406. The summed E-state index contributed by atoms with van der Waals surface area (Å²) in [5.41, 5.74) is 0.956. The van der Waals surface area contributed by atoms with Gasteiger partial charge in [-0.3, -0.25) is 4.79 Å². The van der Waals surface area contributed by atoms with Crippen LogP contribution in [0.25, 0.3) is 0 Å². The number of carbonyl (C=O) groups is 2. The van der Waals surface area contributed by atoms with Crippen molar-refractivity contribution in [3.8, 4) is 5.75 Å². The van der Waals surface area contributed by atoms with Crippen molar-refractivity contribution >= 4 is 40.8 Å². The third-order valence-electron chi connectivity index (χ3n) is 2.93. The first-order valence-corrected chi connectivity index (χ1v) is 7.90. The Hall–Kier alpha value is -2.24. The van der Waals surface area contributed by atoms with Gasteiger partial charge in [-0.05, 0) is 49.4 Å². The summed E-state index contributed by atoms with van der Waals surface area (Å²) in [6.45, 7) is 1.84. The highest BCUT2D eigenvalue weighted by Crippen LogP contribution is 2.27. The maximum atomic E-state index is 11.9. The van der Waals surface area contributed by atoms with E-state index in [0.717, 1.165) is 0 Å². The van der Waals surface area contributed by atoms with E-state index in [4.69, 9.17) is 32.7 Å². The lowest BCUT2D eigenvalue weighted by atomic mass is 10.2. The number of hydrogen-bond donors (Lipinski definition) is 1. The molecule has 0 unspecified atom stereocenters. The quantitative estimate of drug-likeness (QED) is 0.777. The van der Waals surface area contributed by atoms with Gasteiger partial charge in [-0.25, -0.2) is 4.79 Å². The molecule has 0 saturated heterocycles. The highest BCUT2D eigenvalue weighted by atomic mass is 35.5. The number of carbonyl (C=O) groups excluding carboxylic acids is 2. The smallest absolute Gasteiger partial charge is 0.338 e. The molecule has 0 spiro atoms. The molecular formula is C17H15Cl2NO4. The molecule has 0 saturated carbocycles. The highest BCUT2D eigenvalue weighted by Gasteiger charge is 2.09. The normalized spacial score (nSPS) is 10.1. The lowest BCUT2D eigenvalue weighted by Crippen LogP contribution is -2.20. The van der Waals surface area contributed by atoms with Crippen molar-refractivity contribution in [2.24, 2.45) is 0 Å². The zero-order chi connectivity index (χ0) is 17.5. The molecule has 24 heavy (non-hydrogen) atoms. The second-order valence-electron chi connectivity index (χ2n) is 4.71. The number of nitrogens with one attached hydrogen (secondary N) is 1. The Morgan fingerprint density at radius 2 is 1.79 bits per heavy atom. The Labute approximate surface area is 149 Å². The summed E-state index contributed by atoms with van der Waals surface area (Å²) in [5, 5.41) is 3.47. The number of anilines is 1. The van der Waals surface area contributed by atoms with Gasteiger partial charge in [0.1, 0.15) is 5.75 Å². The van der Waals surface area contributed by atoms with Gasteiger partial charge >= 0.3 is 5.97 Å². The molecule has 0 aliphatic rings. The molecule has 2 rings (SSSR count). The largest absolute Gasteiger partial charge is 0.482 e. The number of hydrogen-bond acceptors (Lipinski definition) is 4. The zero-order valence-electron chi connectivity index (χ0n) is 12.8. The van der Waals surface area contributed by atoms with E-state index in [0.29, 0.717) is 33.7 Å². The molecule has 126 valence electrons. The Balaban J connectivity index is 1.89. The Kier molecular flexibility index (Phi) is 6.46. The number of benzene rings is 2. The van der Waals surface area contributed by atoms with Crippen LogP contribution in [0.15, 0.2) is 42.5 Å². The molecule has 0 radical (unpaired) electrons. The van der Waals surface area contributed by atoms with Gasteiger partial charge in [-0.15, -0.1) is 0 Å². The number of halogens is 2. The molecule has 1 N–H and O–H groups in total. The Morgan fingerprint density at radius 3 is 2.42 bits per heavy atom. The molecule has 0 aliphatic heterocycles. The number of rotatable bonds is 6. The number of ether oxygens (including phenoxy) is 2. The fourth-order valence-electron chi connectivity index (χ4n) is 1.84. The summed E-state index contributed by atoms with van der Waals surface area (Å²) < 4.78 is 10.2. The molecule has 0 fully saturated rings. The van der Waals surface area contributed by atoms with Crippen molar-refractivity contribution in [3.05, 3.63) is 58.1 Å².